The Balaban J connectivity index is 1.68. The van der Waals surface area contributed by atoms with Crippen LogP contribution in [0.2, 0.25) is 0 Å². The van der Waals surface area contributed by atoms with E-state index < -0.39 is 0 Å². The van der Waals surface area contributed by atoms with Crippen LogP contribution in [0.1, 0.15) is 37.7 Å². The number of methoxy groups -OCH3 is 1. The monoisotopic (exact) mass is 331 g/mol. The molecule has 130 valence electrons. The minimum absolute atomic E-state index is 0.0149. The lowest BCUT2D eigenvalue weighted by atomic mass is 9.95. The van der Waals surface area contributed by atoms with Crippen LogP contribution in [-0.4, -0.2) is 30.8 Å². The Kier molecular flexibility index (Phi) is 5.41. The van der Waals surface area contributed by atoms with Crippen LogP contribution in [0.15, 0.2) is 28.9 Å². The molecule has 5 nitrogen and oxygen atoms in total. The van der Waals surface area contributed by atoms with Gasteiger partial charge in [-0.3, -0.25) is 4.79 Å². The molecule has 1 heterocycles. The van der Waals surface area contributed by atoms with E-state index >= 15 is 0 Å². The van der Waals surface area contributed by atoms with Gasteiger partial charge in [0.1, 0.15) is 11.3 Å². The number of rotatable bonds is 5. The van der Waals surface area contributed by atoms with Crippen LogP contribution in [0, 0.1) is 5.92 Å². The third kappa shape index (κ3) is 3.73. The zero-order valence-electron chi connectivity index (χ0n) is 14.1. The zero-order valence-corrected chi connectivity index (χ0v) is 14.1. The van der Waals surface area contributed by atoms with Crippen LogP contribution in [0.5, 0.6) is 5.75 Å². The van der Waals surface area contributed by atoms with E-state index in [1.54, 1.807) is 13.4 Å². The highest BCUT2D eigenvalue weighted by Gasteiger charge is 2.24. The zero-order chi connectivity index (χ0) is 16.9. The fraction of sp³-hybridized carbons (Fsp3) is 0.526. The summed E-state index contributed by atoms with van der Waals surface area (Å²) in [5.41, 5.74) is 1.60. The highest BCUT2D eigenvalue weighted by molar-refractivity contribution is 5.88. The van der Waals surface area contributed by atoms with E-state index in [1.165, 1.54) is 6.42 Å². The van der Waals surface area contributed by atoms with Gasteiger partial charge in [0.15, 0.2) is 0 Å². The van der Waals surface area contributed by atoms with Crippen LogP contribution in [0.4, 0.5) is 0 Å². The largest absolute Gasteiger partial charge is 0.497 e. The molecule has 0 saturated heterocycles. The number of carbonyl (C=O) groups is 1. The molecule has 0 radical (unpaired) electrons. The van der Waals surface area contributed by atoms with Crippen LogP contribution in [0.25, 0.3) is 11.0 Å². The van der Waals surface area contributed by atoms with Crippen molar-refractivity contribution in [1.29, 1.82) is 0 Å². The van der Waals surface area contributed by atoms with E-state index in [-0.39, 0.29) is 30.9 Å². The minimum Gasteiger partial charge on any atom is -0.497 e. The first kappa shape index (κ1) is 16.8. The molecule has 0 aliphatic heterocycles. The number of hydrogen-bond acceptors (Lipinski definition) is 4. The lowest BCUT2D eigenvalue weighted by Gasteiger charge is -2.24. The molecule has 5 heteroatoms. The van der Waals surface area contributed by atoms with Gasteiger partial charge in [-0.2, -0.15) is 0 Å². The topological polar surface area (TPSA) is 71.7 Å². The van der Waals surface area contributed by atoms with Crippen LogP contribution in [-0.2, 0) is 11.2 Å². The Morgan fingerprint density at radius 1 is 1.33 bits per heavy atom. The van der Waals surface area contributed by atoms with E-state index in [9.17, 15) is 9.90 Å². The van der Waals surface area contributed by atoms with E-state index in [1.807, 2.05) is 18.2 Å². The predicted octanol–water partition coefficient (Wildman–Crippen LogP) is 3.04. The van der Waals surface area contributed by atoms with Crippen molar-refractivity contribution in [3.63, 3.8) is 0 Å². The predicted molar refractivity (Wildman–Crippen MR) is 92.1 cm³/mol. The average Bonchev–Trinajstić information content (AvgIpc) is 2.84. The number of benzene rings is 1. The first-order valence-electron chi connectivity index (χ1n) is 8.65. The van der Waals surface area contributed by atoms with Crippen molar-refractivity contribution < 1.29 is 19.1 Å². The highest BCUT2D eigenvalue weighted by atomic mass is 16.5. The number of furan rings is 1. The molecule has 1 aromatic heterocycles. The number of ether oxygens (including phenoxy) is 1. The maximum atomic E-state index is 12.5. The van der Waals surface area contributed by atoms with Gasteiger partial charge in [-0.05, 0) is 25.0 Å². The highest BCUT2D eigenvalue weighted by Crippen LogP contribution is 2.27. The molecule has 1 aliphatic rings. The molecule has 1 aliphatic carbocycles. The summed E-state index contributed by atoms with van der Waals surface area (Å²) in [5.74, 6) is 0.887. The Bertz CT molecular complexity index is 694. The molecule has 0 spiro atoms. The summed E-state index contributed by atoms with van der Waals surface area (Å²) in [6, 6.07) is 5.68. The van der Waals surface area contributed by atoms with Gasteiger partial charge in [0.25, 0.3) is 0 Å². The Morgan fingerprint density at radius 3 is 2.96 bits per heavy atom. The number of amides is 1. The lowest BCUT2D eigenvalue weighted by Crippen LogP contribution is -2.41. The first-order chi connectivity index (χ1) is 11.7. The molecule has 2 atom stereocenters. The van der Waals surface area contributed by atoms with E-state index in [4.69, 9.17) is 9.15 Å². The average molecular weight is 331 g/mol. The summed E-state index contributed by atoms with van der Waals surface area (Å²) < 4.78 is 10.7. The molecule has 1 aromatic carbocycles. The van der Waals surface area contributed by atoms with Crippen molar-refractivity contribution in [1.82, 2.24) is 5.32 Å². The quantitative estimate of drug-likeness (QED) is 0.826. The van der Waals surface area contributed by atoms with Gasteiger partial charge in [-0.1, -0.05) is 19.3 Å². The first-order valence-corrected chi connectivity index (χ1v) is 8.65. The van der Waals surface area contributed by atoms with E-state index in [2.05, 4.69) is 5.32 Å². The van der Waals surface area contributed by atoms with Gasteiger partial charge in [0.2, 0.25) is 5.91 Å². The molecule has 3 rings (SSSR count). The molecule has 24 heavy (non-hydrogen) atoms. The van der Waals surface area contributed by atoms with Crippen LogP contribution >= 0.6 is 0 Å². The normalized spacial score (nSPS) is 21.4. The van der Waals surface area contributed by atoms with Crippen molar-refractivity contribution in [3.8, 4) is 5.75 Å². The molecule has 1 amide bonds. The van der Waals surface area contributed by atoms with E-state index in [0.29, 0.717) is 0 Å². The molecule has 2 unspecified atom stereocenters. The van der Waals surface area contributed by atoms with Gasteiger partial charge in [0, 0.05) is 35.6 Å². The Hall–Kier alpha value is -2.01. The van der Waals surface area contributed by atoms with Gasteiger partial charge in [0.05, 0.1) is 19.8 Å². The fourth-order valence-electron chi connectivity index (χ4n) is 3.55. The van der Waals surface area contributed by atoms with Gasteiger partial charge in [-0.25, -0.2) is 0 Å². The molecule has 1 saturated carbocycles. The molecule has 2 aromatic rings. The number of nitrogens with one attached hydrogen (secondary N) is 1. The second-order valence-electron chi connectivity index (χ2n) is 6.55. The summed E-state index contributed by atoms with van der Waals surface area (Å²) in [4.78, 5) is 12.5. The second-order valence-corrected chi connectivity index (χ2v) is 6.55. The summed E-state index contributed by atoms with van der Waals surface area (Å²) >= 11 is 0. The number of carbonyl (C=O) groups excluding carboxylic acids is 1. The van der Waals surface area contributed by atoms with Crippen molar-refractivity contribution in [2.24, 2.45) is 5.92 Å². The number of aliphatic hydroxyl groups excluding tert-OH is 1. The van der Waals surface area contributed by atoms with Crippen LogP contribution < -0.4 is 10.1 Å². The number of aliphatic hydroxyl groups is 1. The third-order valence-corrected chi connectivity index (χ3v) is 4.95. The van der Waals surface area contributed by atoms with Crippen molar-refractivity contribution in [3.05, 3.63) is 30.0 Å². The number of hydrogen-bond donors (Lipinski definition) is 2. The summed E-state index contributed by atoms with van der Waals surface area (Å²) in [6.45, 7) is 0.138. The van der Waals surface area contributed by atoms with Crippen molar-refractivity contribution >= 4 is 16.9 Å². The maximum absolute atomic E-state index is 12.5. The van der Waals surface area contributed by atoms with Gasteiger partial charge in [-0.15, -0.1) is 0 Å². The summed E-state index contributed by atoms with van der Waals surface area (Å²) in [6.07, 6.45) is 7.27. The molecule has 1 fully saturated rings. The van der Waals surface area contributed by atoms with Crippen molar-refractivity contribution in [2.45, 2.75) is 44.6 Å². The smallest absolute Gasteiger partial charge is 0.224 e. The van der Waals surface area contributed by atoms with E-state index in [0.717, 1.165) is 48.0 Å². The van der Waals surface area contributed by atoms with Crippen LogP contribution in [0.3, 0.4) is 0 Å². The molecular formula is C19H25NO4. The molecule has 2 N–H and O–H groups in total. The fourth-order valence-corrected chi connectivity index (χ4v) is 3.55. The van der Waals surface area contributed by atoms with Crippen molar-refractivity contribution in [2.75, 3.05) is 13.7 Å². The third-order valence-electron chi connectivity index (χ3n) is 4.95. The lowest BCUT2D eigenvalue weighted by molar-refractivity contribution is -0.121. The Labute approximate surface area is 142 Å². The SMILES string of the molecule is COc1ccc2c(CC(=O)NC3CCCCCC3CO)coc2c1. The van der Waals surface area contributed by atoms with Gasteiger partial charge >= 0.3 is 0 Å². The maximum Gasteiger partial charge on any atom is 0.224 e. The van der Waals surface area contributed by atoms with Gasteiger partial charge < -0.3 is 19.6 Å². The number of fused-ring (bicyclic) bond motifs is 1. The molecule has 0 bridgehead atoms. The summed E-state index contributed by atoms with van der Waals surface area (Å²) in [7, 11) is 1.61. The standard InChI is InChI=1S/C19H25NO4/c1-23-15-7-8-16-14(12-24-18(16)10-15)9-19(22)20-17-6-4-2-3-5-13(17)11-21/h7-8,10,12-13,17,21H,2-6,9,11H2,1H3,(H,20,22). The summed E-state index contributed by atoms with van der Waals surface area (Å²) in [5, 5.41) is 13.6. The Morgan fingerprint density at radius 2 is 2.17 bits per heavy atom. The minimum atomic E-state index is -0.0149. The molecular weight excluding hydrogens is 306 g/mol. The second kappa shape index (κ2) is 7.71.